The molecule has 0 unspecified atom stereocenters. The summed E-state index contributed by atoms with van der Waals surface area (Å²) in [6.07, 6.45) is 6.72. The third kappa shape index (κ3) is 6.53. The summed E-state index contributed by atoms with van der Waals surface area (Å²) in [6.45, 7) is 1.59. The van der Waals surface area contributed by atoms with Gasteiger partial charge in [0.2, 0.25) is 5.95 Å². The SMILES string of the molecule is S=C(NCc1ccc2c(c1)OCCO2)Nc1nc(Sc2ncccn2)cc(Sc2ncccn2)n1. The average Bonchev–Trinajstić information content (AvgIpc) is 2.88. The fourth-order valence-electron chi connectivity index (χ4n) is 2.95. The van der Waals surface area contributed by atoms with Crippen LogP contribution in [-0.4, -0.2) is 48.2 Å². The molecule has 3 aromatic heterocycles. The van der Waals surface area contributed by atoms with Crippen molar-refractivity contribution in [2.45, 2.75) is 26.9 Å². The van der Waals surface area contributed by atoms with E-state index in [-0.39, 0.29) is 0 Å². The summed E-state index contributed by atoms with van der Waals surface area (Å²) in [4.78, 5) is 26.1. The lowest BCUT2D eigenvalue weighted by Gasteiger charge is -2.19. The average molecular weight is 523 g/mol. The monoisotopic (exact) mass is 522 g/mol. The highest BCUT2D eigenvalue weighted by Crippen LogP contribution is 2.31. The van der Waals surface area contributed by atoms with Crippen LogP contribution in [0.1, 0.15) is 5.56 Å². The molecule has 5 rings (SSSR count). The molecule has 0 saturated heterocycles. The molecule has 0 amide bonds. The van der Waals surface area contributed by atoms with E-state index in [0.717, 1.165) is 17.1 Å². The van der Waals surface area contributed by atoms with Crippen LogP contribution in [0.15, 0.2) is 81.6 Å². The Morgan fingerprint density at radius 2 is 1.43 bits per heavy atom. The van der Waals surface area contributed by atoms with Gasteiger partial charge in [-0.15, -0.1) is 0 Å². The van der Waals surface area contributed by atoms with E-state index >= 15 is 0 Å². The van der Waals surface area contributed by atoms with Gasteiger partial charge in [-0.25, -0.2) is 29.9 Å². The van der Waals surface area contributed by atoms with Gasteiger partial charge in [0.05, 0.1) is 0 Å². The van der Waals surface area contributed by atoms with E-state index in [1.165, 1.54) is 23.5 Å². The number of hydrogen-bond acceptors (Lipinski definition) is 11. The molecule has 0 aliphatic carbocycles. The Kier molecular flexibility index (Phi) is 7.46. The summed E-state index contributed by atoms with van der Waals surface area (Å²) >= 11 is 8.12. The molecule has 0 atom stereocenters. The van der Waals surface area contributed by atoms with Gasteiger partial charge >= 0.3 is 0 Å². The number of fused-ring (bicyclic) bond motifs is 1. The number of benzene rings is 1. The van der Waals surface area contributed by atoms with Crippen LogP contribution in [0.2, 0.25) is 0 Å². The van der Waals surface area contributed by atoms with Crippen LogP contribution in [0.3, 0.4) is 0 Å². The fraction of sp³-hybridized carbons (Fsp3) is 0.136. The highest BCUT2D eigenvalue weighted by atomic mass is 32.2. The van der Waals surface area contributed by atoms with Crippen molar-refractivity contribution in [2.24, 2.45) is 0 Å². The first-order valence-corrected chi connectivity index (χ1v) is 12.5. The molecule has 0 saturated carbocycles. The Labute approximate surface area is 214 Å². The molecule has 0 radical (unpaired) electrons. The zero-order valence-electron chi connectivity index (χ0n) is 18.1. The van der Waals surface area contributed by atoms with E-state index in [1.54, 1.807) is 36.9 Å². The molecule has 4 aromatic rings. The standard InChI is InChI=1S/C22H18N8O2S3/c33-20(27-13-14-3-4-15-16(11-14)32-10-9-31-15)30-19-28-17(34-21-23-5-1-6-24-21)12-18(29-19)35-22-25-7-2-8-26-22/h1-8,11-12H,9-10,13H2,(H2,27,28,29,30,33). The predicted molar refractivity (Wildman–Crippen MR) is 135 cm³/mol. The minimum atomic E-state index is 0.337. The Bertz CT molecular complexity index is 1260. The normalized spacial score (nSPS) is 12.1. The lowest BCUT2D eigenvalue weighted by molar-refractivity contribution is 0.171. The van der Waals surface area contributed by atoms with E-state index in [4.69, 9.17) is 21.7 Å². The maximum atomic E-state index is 5.64. The van der Waals surface area contributed by atoms with Gasteiger partial charge in [0, 0.05) is 37.4 Å². The zero-order valence-corrected chi connectivity index (χ0v) is 20.6. The number of thiocarbonyl (C=S) groups is 1. The van der Waals surface area contributed by atoms with Crippen molar-refractivity contribution >= 4 is 46.8 Å². The third-order valence-electron chi connectivity index (χ3n) is 4.44. The number of nitrogens with zero attached hydrogens (tertiary/aromatic N) is 6. The Morgan fingerprint density at radius 1 is 0.829 bits per heavy atom. The number of nitrogens with one attached hydrogen (secondary N) is 2. The summed E-state index contributed by atoms with van der Waals surface area (Å²) in [6, 6.07) is 11.1. The van der Waals surface area contributed by atoms with E-state index in [2.05, 4.69) is 40.5 Å². The van der Waals surface area contributed by atoms with Gasteiger partial charge in [0.15, 0.2) is 26.9 Å². The first-order chi connectivity index (χ1) is 17.2. The van der Waals surface area contributed by atoms with Crippen LogP contribution in [0.5, 0.6) is 11.5 Å². The maximum Gasteiger partial charge on any atom is 0.231 e. The van der Waals surface area contributed by atoms with Crippen molar-refractivity contribution in [1.82, 2.24) is 35.2 Å². The second-order valence-electron chi connectivity index (χ2n) is 6.92. The molecule has 1 aromatic carbocycles. The lowest BCUT2D eigenvalue weighted by Crippen LogP contribution is -2.29. The fourth-order valence-corrected chi connectivity index (χ4v) is 4.63. The molecule has 2 N–H and O–H groups in total. The van der Waals surface area contributed by atoms with Gasteiger partial charge < -0.3 is 20.1 Å². The second-order valence-corrected chi connectivity index (χ2v) is 9.30. The molecule has 1 aliphatic heterocycles. The van der Waals surface area contributed by atoms with Gasteiger partial charge in [-0.1, -0.05) is 6.07 Å². The van der Waals surface area contributed by atoms with Gasteiger partial charge in [0.25, 0.3) is 0 Å². The molecule has 35 heavy (non-hydrogen) atoms. The van der Waals surface area contributed by atoms with Crippen LogP contribution < -0.4 is 20.1 Å². The third-order valence-corrected chi connectivity index (χ3v) is 6.31. The largest absolute Gasteiger partial charge is 0.486 e. The second kappa shape index (κ2) is 11.3. The minimum Gasteiger partial charge on any atom is -0.486 e. The summed E-state index contributed by atoms with van der Waals surface area (Å²) in [5, 5.41) is 9.07. The molecule has 0 fully saturated rings. The summed E-state index contributed by atoms with van der Waals surface area (Å²) < 4.78 is 11.2. The van der Waals surface area contributed by atoms with E-state index in [0.29, 0.717) is 51.2 Å². The number of rotatable bonds is 7. The highest BCUT2D eigenvalue weighted by Gasteiger charge is 2.13. The van der Waals surface area contributed by atoms with Crippen LogP contribution in [0, 0.1) is 0 Å². The number of anilines is 1. The predicted octanol–water partition coefficient (Wildman–Crippen LogP) is 3.62. The number of hydrogen-bond donors (Lipinski definition) is 2. The van der Waals surface area contributed by atoms with Crippen molar-refractivity contribution < 1.29 is 9.47 Å². The van der Waals surface area contributed by atoms with E-state index in [9.17, 15) is 0 Å². The van der Waals surface area contributed by atoms with Crippen molar-refractivity contribution in [3.63, 3.8) is 0 Å². The van der Waals surface area contributed by atoms with E-state index in [1.807, 2.05) is 24.3 Å². The van der Waals surface area contributed by atoms with E-state index < -0.39 is 0 Å². The summed E-state index contributed by atoms with van der Waals surface area (Å²) in [7, 11) is 0. The molecule has 1 aliphatic rings. The molecule has 10 nitrogen and oxygen atoms in total. The Hall–Kier alpha value is -3.55. The van der Waals surface area contributed by atoms with Crippen LogP contribution in [0.25, 0.3) is 0 Å². The van der Waals surface area contributed by atoms with Crippen molar-refractivity contribution in [3.05, 3.63) is 66.7 Å². The molecular weight excluding hydrogens is 504 g/mol. The smallest absolute Gasteiger partial charge is 0.231 e. The topological polar surface area (TPSA) is 120 Å². The van der Waals surface area contributed by atoms with Crippen LogP contribution >= 0.6 is 35.7 Å². The van der Waals surface area contributed by atoms with Gasteiger partial charge in [0.1, 0.15) is 23.3 Å². The zero-order chi connectivity index (χ0) is 23.9. The van der Waals surface area contributed by atoms with Gasteiger partial charge in [-0.3, -0.25) is 0 Å². The highest BCUT2D eigenvalue weighted by molar-refractivity contribution is 7.99. The van der Waals surface area contributed by atoms with Crippen molar-refractivity contribution in [2.75, 3.05) is 18.5 Å². The van der Waals surface area contributed by atoms with Crippen molar-refractivity contribution in [3.8, 4) is 11.5 Å². The van der Waals surface area contributed by atoms with Gasteiger partial charge in [-0.2, -0.15) is 0 Å². The number of ether oxygens (including phenoxy) is 2. The molecule has 13 heteroatoms. The number of aromatic nitrogens is 6. The Morgan fingerprint density at radius 3 is 2.06 bits per heavy atom. The first-order valence-electron chi connectivity index (χ1n) is 10.4. The van der Waals surface area contributed by atoms with Crippen LogP contribution in [-0.2, 0) is 6.54 Å². The molecule has 0 spiro atoms. The molecule has 4 heterocycles. The molecule has 176 valence electrons. The summed E-state index contributed by atoms with van der Waals surface area (Å²) in [5.41, 5.74) is 1.00. The maximum absolute atomic E-state index is 5.64. The van der Waals surface area contributed by atoms with Crippen molar-refractivity contribution in [1.29, 1.82) is 0 Å². The lowest BCUT2D eigenvalue weighted by atomic mass is 10.2. The molecular formula is C22H18N8O2S3. The van der Waals surface area contributed by atoms with Crippen LogP contribution in [0.4, 0.5) is 5.95 Å². The minimum absolute atomic E-state index is 0.337. The summed E-state index contributed by atoms with van der Waals surface area (Å²) in [5.74, 6) is 1.82. The first kappa shape index (κ1) is 23.2. The quantitative estimate of drug-likeness (QED) is 0.209. The van der Waals surface area contributed by atoms with Gasteiger partial charge in [-0.05, 0) is 65.6 Å². The Balaban J connectivity index is 1.29. The molecule has 0 bridgehead atoms.